The molecule has 0 radical (unpaired) electrons. The molecule has 0 aliphatic heterocycles. The summed E-state index contributed by atoms with van der Waals surface area (Å²) >= 11 is 0. The second kappa shape index (κ2) is 11.8. The number of nitrogen functional groups attached to an aromatic ring is 1. The number of anilines is 1. The quantitative estimate of drug-likeness (QED) is 0.346. The van der Waals surface area contributed by atoms with Gasteiger partial charge in [-0.05, 0) is 42.2 Å². The van der Waals surface area contributed by atoms with Crippen molar-refractivity contribution < 1.29 is 24.2 Å². The summed E-state index contributed by atoms with van der Waals surface area (Å²) in [7, 11) is 0. The monoisotopic (exact) mass is 479 g/mol. The van der Waals surface area contributed by atoms with Gasteiger partial charge in [0.2, 0.25) is 0 Å². The Bertz CT molecular complexity index is 1200. The Morgan fingerprint density at radius 2 is 1.74 bits per heavy atom. The third-order valence-corrected chi connectivity index (χ3v) is 5.14. The van der Waals surface area contributed by atoms with Crippen LogP contribution in [0.25, 0.3) is 10.9 Å². The lowest BCUT2D eigenvalue weighted by molar-refractivity contribution is -0.139. The maximum absolute atomic E-state index is 12.4. The van der Waals surface area contributed by atoms with Crippen LogP contribution in [0.3, 0.4) is 0 Å². The van der Waals surface area contributed by atoms with Gasteiger partial charge < -0.3 is 26.2 Å². The van der Waals surface area contributed by atoms with Crippen molar-refractivity contribution in [1.82, 2.24) is 20.6 Å². The fraction of sp³-hybridized carbons (Fsp3) is 0.320. The molecule has 2 aromatic carbocycles. The second-order valence-corrected chi connectivity index (χ2v) is 8.48. The van der Waals surface area contributed by atoms with Crippen LogP contribution >= 0.6 is 0 Å². The third-order valence-electron chi connectivity index (χ3n) is 5.14. The van der Waals surface area contributed by atoms with Gasteiger partial charge in [-0.3, -0.25) is 4.79 Å². The summed E-state index contributed by atoms with van der Waals surface area (Å²) in [6.45, 7) is 3.60. The van der Waals surface area contributed by atoms with E-state index in [-0.39, 0.29) is 19.1 Å². The van der Waals surface area contributed by atoms with E-state index in [1.807, 2.05) is 50.2 Å². The highest BCUT2D eigenvalue weighted by atomic mass is 16.5. The van der Waals surface area contributed by atoms with E-state index < -0.39 is 24.0 Å². The number of nitrogens with zero attached hydrogens (tertiary/aromatic N) is 2. The molecule has 0 bridgehead atoms. The Labute approximate surface area is 202 Å². The molecular weight excluding hydrogens is 450 g/mol. The average Bonchev–Trinajstić information content (AvgIpc) is 2.84. The first kappa shape index (κ1) is 25.4. The number of aryl methyl sites for hydroxylation is 2. The summed E-state index contributed by atoms with van der Waals surface area (Å²) in [6.07, 6.45) is 0.393. The Morgan fingerprint density at radius 3 is 2.43 bits per heavy atom. The van der Waals surface area contributed by atoms with Crippen molar-refractivity contribution in [2.45, 2.75) is 32.7 Å². The van der Waals surface area contributed by atoms with Gasteiger partial charge in [-0.25, -0.2) is 19.6 Å². The van der Waals surface area contributed by atoms with Crippen LogP contribution in [0.1, 0.15) is 35.6 Å². The van der Waals surface area contributed by atoms with Crippen LogP contribution in [0, 0.1) is 5.92 Å². The van der Waals surface area contributed by atoms with Crippen LogP contribution in [0.4, 0.5) is 10.6 Å². The summed E-state index contributed by atoms with van der Waals surface area (Å²) in [4.78, 5) is 44.5. The van der Waals surface area contributed by atoms with Crippen molar-refractivity contribution in [2.75, 3.05) is 18.9 Å². The highest BCUT2D eigenvalue weighted by molar-refractivity contribution is 5.94. The van der Waals surface area contributed by atoms with Crippen LogP contribution in [0.5, 0.6) is 0 Å². The van der Waals surface area contributed by atoms with E-state index >= 15 is 0 Å². The van der Waals surface area contributed by atoms with E-state index in [4.69, 9.17) is 10.5 Å². The van der Waals surface area contributed by atoms with Crippen LogP contribution in [-0.2, 0) is 22.4 Å². The number of para-hydroxylation sites is 1. The molecule has 3 rings (SSSR count). The number of aliphatic carboxylic acids is 1. The molecule has 35 heavy (non-hydrogen) atoms. The largest absolute Gasteiger partial charge is 0.480 e. The number of nitrogens with two attached hydrogens (primary N) is 1. The molecular formula is C25H29N5O5. The van der Waals surface area contributed by atoms with Gasteiger partial charge >= 0.3 is 12.1 Å². The predicted octanol–water partition coefficient (Wildman–Crippen LogP) is 2.56. The number of hydrogen-bond donors (Lipinski definition) is 4. The van der Waals surface area contributed by atoms with Crippen molar-refractivity contribution in [3.8, 4) is 0 Å². The fourth-order valence-corrected chi connectivity index (χ4v) is 3.26. The molecule has 3 aromatic rings. The average molecular weight is 480 g/mol. The number of fused-ring (bicyclic) bond motifs is 1. The molecule has 0 aliphatic carbocycles. The molecule has 1 heterocycles. The highest BCUT2D eigenvalue weighted by Gasteiger charge is 2.22. The number of nitrogens with one attached hydrogen (secondary N) is 2. The predicted molar refractivity (Wildman–Crippen MR) is 131 cm³/mol. The lowest BCUT2D eigenvalue weighted by atomic mass is 10.1. The van der Waals surface area contributed by atoms with Crippen LogP contribution in [0.2, 0.25) is 0 Å². The van der Waals surface area contributed by atoms with E-state index in [1.54, 1.807) is 12.1 Å². The van der Waals surface area contributed by atoms with Crippen LogP contribution in [-0.4, -0.2) is 52.2 Å². The smallest absolute Gasteiger partial charge is 0.407 e. The topological polar surface area (TPSA) is 157 Å². The summed E-state index contributed by atoms with van der Waals surface area (Å²) < 4.78 is 4.93. The molecule has 184 valence electrons. The van der Waals surface area contributed by atoms with Gasteiger partial charge in [-0.15, -0.1) is 0 Å². The number of carbonyl (C=O) groups excluding carboxylic acids is 2. The molecule has 10 heteroatoms. The summed E-state index contributed by atoms with van der Waals surface area (Å²) in [5, 5.41) is 14.9. The Kier molecular flexibility index (Phi) is 8.55. The number of benzene rings is 2. The van der Waals surface area contributed by atoms with Gasteiger partial charge in [-0.2, -0.15) is 0 Å². The van der Waals surface area contributed by atoms with Crippen LogP contribution in [0.15, 0.2) is 48.5 Å². The minimum Gasteiger partial charge on any atom is -0.480 e. The molecule has 1 atom stereocenters. The van der Waals surface area contributed by atoms with E-state index in [0.29, 0.717) is 30.0 Å². The lowest BCUT2D eigenvalue weighted by Gasteiger charge is -2.16. The minimum absolute atomic E-state index is 0.116. The first-order chi connectivity index (χ1) is 16.7. The summed E-state index contributed by atoms with van der Waals surface area (Å²) in [5.74, 6) is -0.531. The zero-order valence-corrected chi connectivity index (χ0v) is 19.7. The first-order valence-corrected chi connectivity index (χ1v) is 11.3. The van der Waals surface area contributed by atoms with Gasteiger partial charge in [0.25, 0.3) is 5.91 Å². The van der Waals surface area contributed by atoms with Crippen molar-refractivity contribution >= 4 is 34.7 Å². The van der Waals surface area contributed by atoms with E-state index in [2.05, 4.69) is 20.6 Å². The molecule has 1 unspecified atom stereocenters. The molecule has 2 amide bonds. The Hall–Kier alpha value is -4.21. The number of carboxylic acids is 1. The molecule has 0 saturated heterocycles. The lowest BCUT2D eigenvalue weighted by Crippen LogP contribution is -2.48. The molecule has 0 aliphatic rings. The molecule has 10 nitrogen and oxygen atoms in total. The molecule has 1 aromatic heterocycles. The maximum atomic E-state index is 12.4. The van der Waals surface area contributed by atoms with E-state index in [1.165, 1.54) is 0 Å². The number of ether oxygens (including phenoxy) is 1. The van der Waals surface area contributed by atoms with Gasteiger partial charge in [0.15, 0.2) is 0 Å². The van der Waals surface area contributed by atoms with Crippen molar-refractivity contribution in [1.29, 1.82) is 0 Å². The number of alkyl carbamates (subject to hydrolysis) is 1. The van der Waals surface area contributed by atoms with E-state index in [0.717, 1.165) is 16.5 Å². The third kappa shape index (κ3) is 7.39. The van der Waals surface area contributed by atoms with Gasteiger partial charge in [-0.1, -0.05) is 38.1 Å². The minimum atomic E-state index is -1.31. The standard InChI is InChI=1S/C25H29N5O5/c1-15(2)14-35-25(34)29-20(24(32)33)13-27-23(31)17-10-7-16(8-11-17)9-12-21-28-19-6-4-3-5-18(19)22(26)30-21/h3-8,10-11,15,20H,9,12-14H2,1-2H3,(H,27,31)(H,29,34)(H,32,33)(H2,26,28,30). The first-order valence-electron chi connectivity index (χ1n) is 11.3. The number of carboxylic acid groups (broad SMARTS) is 1. The van der Waals surface area contributed by atoms with Gasteiger partial charge in [0.05, 0.1) is 12.1 Å². The number of carbonyl (C=O) groups is 3. The fourth-order valence-electron chi connectivity index (χ4n) is 3.26. The zero-order valence-electron chi connectivity index (χ0n) is 19.7. The molecule has 5 N–H and O–H groups in total. The SMILES string of the molecule is CC(C)COC(=O)NC(CNC(=O)c1ccc(CCc2nc(N)c3ccccc3n2)cc1)C(=O)O. The Morgan fingerprint density at radius 1 is 1.03 bits per heavy atom. The highest BCUT2D eigenvalue weighted by Crippen LogP contribution is 2.18. The number of hydrogen-bond acceptors (Lipinski definition) is 7. The van der Waals surface area contributed by atoms with Crippen molar-refractivity contribution in [3.63, 3.8) is 0 Å². The van der Waals surface area contributed by atoms with Gasteiger partial charge in [0.1, 0.15) is 17.7 Å². The normalized spacial score (nSPS) is 11.7. The Balaban J connectivity index is 1.52. The van der Waals surface area contributed by atoms with Crippen molar-refractivity contribution in [2.24, 2.45) is 5.92 Å². The summed E-state index contributed by atoms with van der Waals surface area (Å²) in [5.41, 5.74) is 8.18. The summed E-state index contributed by atoms with van der Waals surface area (Å²) in [6, 6.07) is 13.2. The van der Waals surface area contributed by atoms with Crippen LogP contribution < -0.4 is 16.4 Å². The second-order valence-electron chi connectivity index (χ2n) is 8.48. The number of rotatable bonds is 10. The number of amides is 2. The maximum Gasteiger partial charge on any atom is 0.407 e. The van der Waals surface area contributed by atoms with E-state index in [9.17, 15) is 19.5 Å². The van der Waals surface area contributed by atoms with Crippen molar-refractivity contribution in [3.05, 3.63) is 65.5 Å². The molecule has 0 saturated carbocycles. The number of aromatic nitrogens is 2. The zero-order chi connectivity index (χ0) is 25.4. The molecule has 0 fully saturated rings. The van der Waals surface area contributed by atoms with Gasteiger partial charge in [0, 0.05) is 23.9 Å². The molecule has 0 spiro atoms.